The Morgan fingerprint density at radius 1 is 1.05 bits per heavy atom. The SMILES string of the molecule is CC(C)CC(=O)NC(C(=O)N1CCC(c2cccc(C(=O)O)c2)CC1)C(C)OCC1CCC2(CCC2)CC1. The lowest BCUT2D eigenvalue weighted by molar-refractivity contribution is -0.142. The van der Waals surface area contributed by atoms with Gasteiger partial charge in [0.1, 0.15) is 6.04 Å². The van der Waals surface area contributed by atoms with Crippen LogP contribution >= 0.6 is 0 Å². The van der Waals surface area contributed by atoms with Crippen LogP contribution in [0.3, 0.4) is 0 Å². The highest BCUT2D eigenvalue weighted by molar-refractivity contribution is 5.88. The summed E-state index contributed by atoms with van der Waals surface area (Å²) in [5.74, 6) is -0.165. The van der Waals surface area contributed by atoms with Gasteiger partial charge in [0.15, 0.2) is 0 Å². The van der Waals surface area contributed by atoms with Crippen molar-refractivity contribution >= 4 is 17.8 Å². The number of aromatic carboxylic acids is 1. The number of rotatable bonds is 10. The van der Waals surface area contributed by atoms with Crippen LogP contribution in [0.4, 0.5) is 0 Å². The van der Waals surface area contributed by atoms with Crippen LogP contribution in [-0.4, -0.2) is 59.6 Å². The van der Waals surface area contributed by atoms with Gasteiger partial charge in [0, 0.05) is 26.1 Å². The van der Waals surface area contributed by atoms with Gasteiger partial charge in [0.2, 0.25) is 11.8 Å². The Hall–Kier alpha value is -2.41. The van der Waals surface area contributed by atoms with Crippen LogP contribution in [0.1, 0.15) is 107 Å². The van der Waals surface area contributed by atoms with E-state index in [9.17, 15) is 19.5 Å². The molecule has 38 heavy (non-hydrogen) atoms. The minimum atomic E-state index is -0.927. The van der Waals surface area contributed by atoms with Gasteiger partial charge < -0.3 is 20.1 Å². The Morgan fingerprint density at radius 2 is 1.74 bits per heavy atom. The molecule has 2 N–H and O–H groups in total. The molecule has 2 unspecified atom stereocenters. The van der Waals surface area contributed by atoms with Crippen LogP contribution in [0, 0.1) is 17.3 Å². The lowest BCUT2D eigenvalue weighted by atomic mass is 9.59. The van der Waals surface area contributed by atoms with Gasteiger partial charge in [-0.05, 0) is 99.2 Å². The van der Waals surface area contributed by atoms with Gasteiger partial charge in [-0.1, -0.05) is 32.4 Å². The first-order valence-corrected chi connectivity index (χ1v) is 14.7. The fraction of sp³-hybridized carbons (Fsp3) is 0.710. The fourth-order valence-corrected chi connectivity index (χ4v) is 6.56. The maximum Gasteiger partial charge on any atom is 0.335 e. The zero-order valence-corrected chi connectivity index (χ0v) is 23.4. The van der Waals surface area contributed by atoms with Gasteiger partial charge in [-0.2, -0.15) is 0 Å². The molecule has 1 saturated heterocycles. The topological polar surface area (TPSA) is 95.9 Å². The summed E-state index contributed by atoms with van der Waals surface area (Å²) >= 11 is 0. The third kappa shape index (κ3) is 7.16. The second-order valence-electron chi connectivity index (χ2n) is 12.5. The van der Waals surface area contributed by atoms with Gasteiger partial charge in [-0.3, -0.25) is 9.59 Å². The summed E-state index contributed by atoms with van der Waals surface area (Å²) in [5.41, 5.74) is 1.92. The Kier molecular flexibility index (Phi) is 9.50. The van der Waals surface area contributed by atoms with Crippen LogP contribution < -0.4 is 5.32 Å². The number of piperidine rings is 1. The number of amides is 2. The van der Waals surface area contributed by atoms with E-state index < -0.39 is 18.1 Å². The molecule has 2 atom stereocenters. The first-order valence-electron chi connectivity index (χ1n) is 14.7. The molecular weight excluding hydrogens is 480 g/mol. The minimum Gasteiger partial charge on any atom is -0.478 e. The molecule has 4 rings (SSSR count). The first kappa shape index (κ1) is 28.6. The molecule has 0 bridgehead atoms. The van der Waals surface area contributed by atoms with E-state index in [0.717, 1.165) is 18.4 Å². The van der Waals surface area contributed by atoms with Crippen molar-refractivity contribution in [2.24, 2.45) is 17.3 Å². The molecule has 2 aliphatic carbocycles. The average Bonchev–Trinajstić information content (AvgIpc) is 2.89. The third-order valence-electron chi connectivity index (χ3n) is 9.23. The summed E-state index contributed by atoms with van der Waals surface area (Å²) in [5, 5.41) is 12.3. The summed E-state index contributed by atoms with van der Waals surface area (Å²) in [6, 6.07) is 6.41. The molecule has 1 aromatic carbocycles. The van der Waals surface area contributed by atoms with Gasteiger partial charge in [0.25, 0.3) is 0 Å². The lowest BCUT2D eigenvalue weighted by Crippen LogP contribution is -2.56. The Balaban J connectivity index is 1.34. The van der Waals surface area contributed by atoms with Gasteiger partial charge in [0.05, 0.1) is 11.7 Å². The van der Waals surface area contributed by atoms with E-state index in [1.54, 1.807) is 18.2 Å². The third-order valence-corrected chi connectivity index (χ3v) is 9.23. The van der Waals surface area contributed by atoms with Gasteiger partial charge in [-0.15, -0.1) is 0 Å². The largest absolute Gasteiger partial charge is 0.478 e. The summed E-state index contributed by atoms with van der Waals surface area (Å²) in [7, 11) is 0. The molecule has 0 radical (unpaired) electrons. The number of carbonyl (C=O) groups excluding carboxylic acids is 2. The van der Waals surface area contributed by atoms with Crippen molar-refractivity contribution in [3.8, 4) is 0 Å². The standard InChI is InChI=1S/C31H46N2O5/c1-21(2)18-27(34)32-28(22(3)38-20-23-8-14-31(15-9-23)12-5-13-31)29(35)33-16-10-24(11-17-33)25-6-4-7-26(19-25)30(36)37/h4,6-7,19,21-24,28H,5,8-18,20H2,1-3H3,(H,32,34)(H,36,37). The van der Waals surface area contributed by atoms with Crippen LogP contribution in [-0.2, 0) is 14.3 Å². The molecule has 210 valence electrons. The minimum absolute atomic E-state index is 0.0793. The van der Waals surface area contributed by atoms with Crippen LogP contribution in [0.5, 0.6) is 0 Å². The quantitative estimate of drug-likeness (QED) is 0.426. The van der Waals surface area contributed by atoms with Crippen molar-refractivity contribution in [3.63, 3.8) is 0 Å². The van der Waals surface area contributed by atoms with Crippen LogP contribution in [0.25, 0.3) is 0 Å². The van der Waals surface area contributed by atoms with E-state index in [4.69, 9.17) is 4.74 Å². The number of carboxylic acids is 1. The lowest BCUT2D eigenvalue weighted by Gasteiger charge is -2.47. The second-order valence-corrected chi connectivity index (χ2v) is 12.5. The average molecular weight is 527 g/mol. The molecular formula is C31H46N2O5. The number of carbonyl (C=O) groups is 3. The summed E-state index contributed by atoms with van der Waals surface area (Å²) < 4.78 is 6.29. The molecule has 1 spiro atoms. The van der Waals surface area contributed by atoms with E-state index in [0.29, 0.717) is 43.0 Å². The molecule has 7 nitrogen and oxygen atoms in total. The predicted octanol–water partition coefficient (Wildman–Crippen LogP) is 5.39. The molecule has 3 aliphatic rings. The summed E-state index contributed by atoms with van der Waals surface area (Å²) in [4.78, 5) is 39.6. The molecule has 2 amide bonds. The number of hydrogen-bond donors (Lipinski definition) is 2. The van der Waals surface area contributed by atoms with Gasteiger partial charge in [-0.25, -0.2) is 4.79 Å². The fourth-order valence-electron chi connectivity index (χ4n) is 6.56. The maximum absolute atomic E-state index is 13.7. The molecule has 0 aromatic heterocycles. The highest BCUT2D eigenvalue weighted by Crippen LogP contribution is 2.52. The second kappa shape index (κ2) is 12.6. The van der Waals surface area contributed by atoms with Crippen molar-refractivity contribution in [2.45, 2.75) is 103 Å². The van der Waals surface area contributed by atoms with Crippen molar-refractivity contribution in [1.29, 1.82) is 0 Å². The van der Waals surface area contributed by atoms with E-state index in [1.165, 1.54) is 44.9 Å². The predicted molar refractivity (Wildman–Crippen MR) is 147 cm³/mol. The number of ether oxygens (including phenoxy) is 1. The first-order chi connectivity index (χ1) is 18.2. The Morgan fingerprint density at radius 3 is 2.32 bits per heavy atom. The van der Waals surface area contributed by atoms with Crippen LogP contribution in [0.15, 0.2) is 24.3 Å². The van der Waals surface area contributed by atoms with E-state index >= 15 is 0 Å². The maximum atomic E-state index is 13.7. The van der Waals surface area contributed by atoms with Crippen molar-refractivity contribution < 1.29 is 24.2 Å². The Labute approximate surface area is 227 Å². The summed E-state index contributed by atoms with van der Waals surface area (Å²) in [6.45, 7) is 7.71. The van der Waals surface area contributed by atoms with Crippen LogP contribution in [0.2, 0.25) is 0 Å². The molecule has 3 fully saturated rings. The van der Waals surface area contributed by atoms with Crippen molar-refractivity contribution in [1.82, 2.24) is 10.2 Å². The van der Waals surface area contributed by atoms with Crippen molar-refractivity contribution in [3.05, 3.63) is 35.4 Å². The Bertz CT molecular complexity index is 970. The number of likely N-dealkylation sites (tertiary alicyclic amines) is 1. The monoisotopic (exact) mass is 526 g/mol. The van der Waals surface area contributed by atoms with E-state index in [-0.39, 0.29) is 23.7 Å². The van der Waals surface area contributed by atoms with Gasteiger partial charge >= 0.3 is 5.97 Å². The highest BCUT2D eigenvalue weighted by Gasteiger charge is 2.40. The number of hydrogen-bond acceptors (Lipinski definition) is 4. The summed E-state index contributed by atoms with van der Waals surface area (Å²) in [6.07, 6.45) is 10.6. The number of benzene rings is 1. The molecule has 1 heterocycles. The number of nitrogens with zero attached hydrogens (tertiary/aromatic N) is 1. The smallest absolute Gasteiger partial charge is 0.335 e. The van der Waals surface area contributed by atoms with Crippen molar-refractivity contribution in [2.75, 3.05) is 19.7 Å². The zero-order chi connectivity index (χ0) is 27.3. The normalized spacial score (nSPS) is 21.6. The molecule has 1 aromatic rings. The number of carboxylic acid groups (broad SMARTS) is 1. The van der Waals surface area contributed by atoms with E-state index in [2.05, 4.69) is 5.32 Å². The molecule has 1 aliphatic heterocycles. The molecule has 2 saturated carbocycles. The zero-order valence-electron chi connectivity index (χ0n) is 23.4. The number of nitrogens with one attached hydrogen (secondary N) is 1. The highest BCUT2D eigenvalue weighted by atomic mass is 16.5. The molecule has 7 heteroatoms. The van der Waals surface area contributed by atoms with E-state index in [1.807, 2.05) is 31.7 Å².